The second-order valence-electron chi connectivity index (χ2n) is 2.60. The molecular weight excluding hydrogens is 290 g/mol. The first-order valence-corrected chi connectivity index (χ1v) is 3.64. The van der Waals surface area contributed by atoms with E-state index < -0.39 is 37.6 Å². The summed E-state index contributed by atoms with van der Waals surface area (Å²) in [6.45, 7) is 0. The minimum Gasteiger partial charge on any atom is -0.497 e. The average molecular weight is 293 g/mol. The number of nitro benzene ring substituents is 3. The number of nitro groups is 3. The zero-order valence-corrected chi connectivity index (χ0v) is 8.64. The fourth-order valence-electron chi connectivity index (χ4n) is 0.974. The number of nitrogens with zero attached hydrogens (tertiary/aromatic N) is 3. The molecule has 0 aliphatic heterocycles. The SMILES string of the molecule is O=[N+]([O-])c1cc([N+](=O)[O-])c(O)c([N+](=O)[O-])c1.[Cu]. The fraction of sp³-hybridized carbons (Fsp3) is 0. The van der Waals surface area contributed by atoms with E-state index in [9.17, 15) is 30.3 Å². The molecular formula is C6H3CuN3O7. The van der Waals surface area contributed by atoms with Crippen molar-refractivity contribution in [3.05, 3.63) is 42.5 Å². The third-order valence-electron chi connectivity index (χ3n) is 1.66. The predicted octanol–water partition coefficient (Wildman–Crippen LogP) is 1.11. The zero-order chi connectivity index (χ0) is 12.5. The second kappa shape index (κ2) is 5.18. The van der Waals surface area contributed by atoms with Gasteiger partial charge in [-0.2, -0.15) is 0 Å². The smallest absolute Gasteiger partial charge is 0.324 e. The van der Waals surface area contributed by atoms with Gasteiger partial charge in [0, 0.05) is 17.1 Å². The van der Waals surface area contributed by atoms with Crippen molar-refractivity contribution in [2.24, 2.45) is 0 Å². The van der Waals surface area contributed by atoms with Crippen molar-refractivity contribution in [2.75, 3.05) is 0 Å². The summed E-state index contributed by atoms with van der Waals surface area (Å²) in [5, 5.41) is 40.2. The number of hydrogen-bond acceptors (Lipinski definition) is 7. The first-order valence-electron chi connectivity index (χ1n) is 3.64. The molecule has 0 saturated carbocycles. The molecule has 10 nitrogen and oxygen atoms in total. The number of phenols is 1. The predicted molar refractivity (Wildman–Crippen MR) is 48.1 cm³/mol. The van der Waals surface area contributed by atoms with Gasteiger partial charge in [-0.3, -0.25) is 30.3 Å². The zero-order valence-electron chi connectivity index (χ0n) is 7.69. The molecule has 1 aromatic carbocycles. The molecule has 0 atom stereocenters. The van der Waals surface area contributed by atoms with Crippen LogP contribution in [0.1, 0.15) is 0 Å². The third-order valence-corrected chi connectivity index (χ3v) is 1.66. The Bertz CT molecular complexity index is 467. The van der Waals surface area contributed by atoms with Crippen LogP contribution in [0.2, 0.25) is 0 Å². The maximum absolute atomic E-state index is 10.4. The average Bonchev–Trinajstić information content (AvgIpc) is 2.16. The van der Waals surface area contributed by atoms with Gasteiger partial charge in [0.1, 0.15) is 0 Å². The molecule has 11 heteroatoms. The monoisotopic (exact) mass is 292 g/mol. The van der Waals surface area contributed by atoms with Crippen LogP contribution in [0.25, 0.3) is 0 Å². The summed E-state index contributed by atoms with van der Waals surface area (Å²) in [6, 6.07) is 0.894. The molecule has 95 valence electrons. The number of rotatable bonds is 3. The van der Waals surface area contributed by atoms with E-state index >= 15 is 0 Å². The largest absolute Gasteiger partial charge is 0.497 e. The van der Waals surface area contributed by atoms with Crippen molar-refractivity contribution < 1.29 is 36.9 Å². The molecule has 0 aliphatic carbocycles. The van der Waals surface area contributed by atoms with Crippen molar-refractivity contribution >= 4 is 17.1 Å². The summed E-state index contributed by atoms with van der Waals surface area (Å²) >= 11 is 0. The van der Waals surface area contributed by atoms with E-state index in [1.807, 2.05) is 0 Å². The molecule has 1 rings (SSSR count). The Hall–Kier alpha value is -2.26. The van der Waals surface area contributed by atoms with Gasteiger partial charge in [-0.15, -0.1) is 0 Å². The van der Waals surface area contributed by atoms with E-state index in [0.717, 1.165) is 0 Å². The van der Waals surface area contributed by atoms with Crippen LogP contribution in [0.15, 0.2) is 12.1 Å². The van der Waals surface area contributed by atoms with Gasteiger partial charge in [0.25, 0.3) is 11.4 Å². The minimum absolute atomic E-state index is 0. The second-order valence-corrected chi connectivity index (χ2v) is 2.60. The summed E-state index contributed by atoms with van der Waals surface area (Å²) in [7, 11) is 0. The molecule has 0 heterocycles. The van der Waals surface area contributed by atoms with Gasteiger partial charge in [-0.05, 0) is 0 Å². The Morgan fingerprint density at radius 1 is 0.882 bits per heavy atom. The van der Waals surface area contributed by atoms with Gasteiger partial charge in [0.15, 0.2) is 0 Å². The molecule has 0 spiro atoms. The summed E-state index contributed by atoms with van der Waals surface area (Å²) < 4.78 is 0. The van der Waals surface area contributed by atoms with Crippen molar-refractivity contribution in [3.63, 3.8) is 0 Å². The van der Waals surface area contributed by atoms with Crippen LogP contribution in [0.5, 0.6) is 5.75 Å². The topological polar surface area (TPSA) is 150 Å². The van der Waals surface area contributed by atoms with Gasteiger partial charge in [0.05, 0.1) is 26.9 Å². The number of non-ortho nitro benzene ring substituents is 1. The molecule has 0 aliphatic rings. The molecule has 0 bridgehead atoms. The Balaban J connectivity index is 0.00000256. The Morgan fingerprint density at radius 3 is 1.47 bits per heavy atom. The minimum atomic E-state index is -1.21. The number of benzene rings is 1. The maximum atomic E-state index is 10.4. The van der Waals surface area contributed by atoms with Crippen molar-refractivity contribution in [2.45, 2.75) is 0 Å². The van der Waals surface area contributed by atoms with E-state index in [0.29, 0.717) is 12.1 Å². The number of hydrogen-bond donors (Lipinski definition) is 1. The maximum Gasteiger partial charge on any atom is 0.324 e. The molecule has 0 fully saturated rings. The molecule has 1 radical (unpaired) electrons. The van der Waals surface area contributed by atoms with E-state index in [2.05, 4.69) is 0 Å². The van der Waals surface area contributed by atoms with E-state index in [4.69, 9.17) is 5.11 Å². The Labute approximate surface area is 103 Å². The Kier molecular flexibility index (Phi) is 4.49. The van der Waals surface area contributed by atoms with Gasteiger partial charge >= 0.3 is 11.4 Å². The van der Waals surface area contributed by atoms with Crippen LogP contribution in [-0.2, 0) is 17.1 Å². The molecule has 0 amide bonds. The van der Waals surface area contributed by atoms with Crippen LogP contribution in [-0.4, -0.2) is 19.9 Å². The first kappa shape index (κ1) is 14.7. The molecule has 1 aromatic rings. The van der Waals surface area contributed by atoms with Crippen LogP contribution < -0.4 is 0 Å². The van der Waals surface area contributed by atoms with E-state index in [1.165, 1.54) is 0 Å². The third kappa shape index (κ3) is 2.86. The standard InChI is InChI=1S/C6H3N3O7.Cu/c10-6-4(8(13)14)1-3(7(11)12)2-5(6)9(15)16;/h1-2,10H;. The molecule has 0 unspecified atom stereocenters. The van der Waals surface area contributed by atoms with E-state index in [-0.39, 0.29) is 17.1 Å². The van der Waals surface area contributed by atoms with Gasteiger partial charge < -0.3 is 5.11 Å². The molecule has 0 saturated heterocycles. The Morgan fingerprint density at radius 2 is 1.24 bits per heavy atom. The molecule has 17 heavy (non-hydrogen) atoms. The van der Waals surface area contributed by atoms with Crippen LogP contribution in [0.4, 0.5) is 17.1 Å². The van der Waals surface area contributed by atoms with Crippen molar-refractivity contribution in [1.29, 1.82) is 0 Å². The van der Waals surface area contributed by atoms with Gasteiger partial charge in [-0.25, -0.2) is 0 Å². The van der Waals surface area contributed by atoms with Crippen LogP contribution in [0, 0.1) is 30.3 Å². The summed E-state index contributed by atoms with van der Waals surface area (Å²) in [5.74, 6) is -1.21. The van der Waals surface area contributed by atoms with Crippen LogP contribution in [0.3, 0.4) is 0 Å². The normalized spacial score (nSPS) is 9.18. The number of phenolic OH excluding ortho intramolecular Hbond substituents is 1. The summed E-state index contributed by atoms with van der Waals surface area (Å²) in [6.07, 6.45) is 0. The fourth-order valence-corrected chi connectivity index (χ4v) is 0.974. The molecule has 1 N–H and O–H groups in total. The van der Waals surface area contributed by atoms with Crippen molar-refractivity contribution in [1.82, 2.24) is 0 Å². The van der Waals surface area contributed by atoms with Gasteiger partial charge in [-0.1, -0.05) is 0 Å². The summed E-state index contributed by atoms with van der Waals surface area (Å²) in [5.41, 5.74) is -3.00. The quantitative estimate of drug-likeness (QED) is 0.498. The van der Waals surface area contributed by atoms with Gasteiger partial charge in [0.2, 0.25) is 0 Å². The number of aromatic hydroxyl groups is 1. The summed E-state index contributed by atoms with van der Waals surface area (Å²) in [4.78, 5) is 27.8. The van der Waals surface area contributed by atoms with E-state index in [1.54, 1.807) is 0 Å². The first-order chi connectivity index (χ1) is 7.34. The van der Waals surface area contributed by atoms with Crippen LogP contribution >= 0.6 is 0 Å². The van der Waals surface area contributed by atoms with Crippen molar-refractivity contribution in [3.8, 4) is 5.75 Å². The molecule has 0 aromatic heterocycles.